The van der Waals surface area contributed by atoms with Crippen LogP contribution in [-0.2, 0) is 13.3 Å². The first-order valence-corrected chi connectivity index (χ1v) is 10.7. The summed E-state index contributed by atoms with van der Waals surface area (Å²) in [5.74, 6) is -57.0. The molecule has 0 N–H and O–H groups in total. The lowest BCUT2D eigenvalue weighted by molar-refractivity contribution is -0.453. The standard InChI is InChI=1S/C15H17F17O3Si/c1-5-6-7(16)8(17,18)9(19,20)10(21,22)11(23,24)12(25,26)13(27,28)14(29,30)15(31,32)36(33-2,34-3)35-4/h7H,5-6H2,1-4H3. The van der Waals surface area contributed by atoms with Gasteiger partial charge in [-0.2, -0.15) is 70.2 Å². The zero-order valence-electron chi connectivity index (χ0n) is 18.1. The Bertz CT molecular complexity index is 745. The van der Waals surface area contributed by atoms with Gasteiger partial charge in [-0.15, -0.1) is 0 Å². The smallest absolute Gasteiger partial charge is 0.373 e. The van der Waals surface area contributed by atoms with Crippen LogP contribution in [0.15, 0.2) is 0 Å². The Labute approximate surface area is 192 Å². The molecule has 0 aromatic rings. The maximum atomic E-state index is 14.2. The number of halogens is 17. The highest BCUT2D eigenvalue weighted by Gasteiger charge is 2.97. The van der Waals surface area contributed by atoms with Crippen molar-refractivity contribution in [2.45, 2.75) is 72.9 Å². The van der Waals surface area contributed by atoms with Crippen molar-refractivity contribution in [3.05, 3.63) is 0 Å². The van der Waals surface area contributed by atoms with Gasteiger partial charge in [-0.1, -0.05) is 13.3 Å². The zero-order valence-corrected chi connectivity index (χ0v) is 19.1. The highest BCUT2D eigenvalue weighted by Crippen LogP contribution is 2.65. The first-order chi connectivity index (χ1) is 15.7. The molecule has 0 amide bonds. The van der Waals surface area contributed by atoms with Gasteiger partial charge >= 0.3 is 55.8 Å². The molecule has 0 spiro atoms. The van der Waals surface area contributed by atoms with E-state index < -0.39 is 74.8 Å². The monoisotopic (exact) mass is 596 g/mol. The third-order valence-electron chi connectivity index (χ3n) is 4.91. The van der Waals surface area contributed by atoms with Crippen LogP contribution in [0.1, 0.15) is 19.8 Å². The summed E-state index contributed by atoms with van der Waals surface area (Å²) >= 11 is 0. The van der Waals surface area contributed by atoms with Crippen LogP contribution in [0.4, 0.5) is 74.6 Å². The van der Waals surface area contributed by atoms with Gasteiger partial charge in [0.25, 0.3) is 0 Å². The van der Waals surface area contributed by atoms with E-state index in [-0.39, 0.29) is 21.3 Å². The molecule has 0 saturated carbocycles. The summed E-state index contributed by atoms with van der Waals surface area (Å²) in [5, 5.41) is 0. The fraction of sp³-hybridized carbons (Fsp3) is 1.00. The minimum atomic E-state index is -8.64. The molecule has 21 heteroatoms. The molecular weight excluding hydrogens is 579 g/mol. The largest absolute Gasteiger partial charge is 0.581 e. The van der Waals surface area contributed by atoms with Crippen molar-refractivity contribution in [1.82, 2.24) is 0 Å². The van der Waals surface area contributed by atoms with E-state index in [1.165, 1.54) is 0 Å². The molecule has 0 aliphatic heterocycles. The predicted octanol–water partition coefficient (Wildman–Crippen LogP) is 6.62. The summed E-state index contributed by atoms with van der Waals surface area (Å²) in [6, 6.07) is 0. The lowest BCUT2D eigenvalue weighted by Gasteiger charge is -2.45. The van der Waals surface area contributed by atoms with Gasteiger partial charge in [0.2, 0.25) is 0 Å². The fourth-order valence-electron chi connectivity index (χ4n) is 2.65. The minimum Gasteiger partial charge on any atom is -0.373 e. The molecule has 0 rings (SSSR count). The molecule has 1 atom stereocenters. The maximum absolute atomic E-state index is 14.2. The highest BCUT2D eigenvalue weighted by molar-refractivity contribution is 6.63. The van der Waals surface area contributed by atoms with E-state index in [1.807, 2.05) is 0 Å². The number of hydrogen-bond acceptors (Lipinski definition) is 3. The molecule has 1 unspecified atom stereocenters. The summed E-state index contributed by atoms with van der Waals surface area (Å²) < 4.78 is 246. The van der Waals surface area contributed by atoms with Crippen molar-refractivity contribution < 1.29 is 87.9 Å². The molecule has 0 heterocycles. The van der Waals surface area contributed by atoms with E-state index in [4.69, 9.17) is 0 Å². The van der Waals surface area contributed by atoms with Gasteiger partial charge in [-0.25, -0.2) is 4.39 Å². The van der Waals surface area contributed by atoms with E-state index >= 15 is 0 Å². The van der Waals surface area contributed by atoms with E-state index in [0.29, 0.717) is 0 Å². The molecule has 0 aliphatic carbocycles. The molecule has 0 saturated heterocycles. The average molecular weight is 596 g/mol. The van der Waals surface area contributed by atoms with Crippen LogP contribution in [0.3, 0.4) is 0 Å². The summed E-state index contributed by atoms with van der Waals surface area (Å²) in [5.41, 5.74) is -6.87. The molecule has 0 fully saturated rings. The SMILES string of the molecule is CCCC(F)C(F)(F)C(F)(F)C(F)(F)C(F)(F)C(F)(F)C(F)(F)C(F)(F)C(F)(F)[Si](OC)(OC)OC. The van der Waals surface area contributed by atoms with E-state index in [1.54, 1.807) is 0 Å². The predicted molar refractivity (Wildman–Crippen MR) is 86.2 cm³/mol. The Balaban J connectivity index is 7.05. The Morgan fingerprint density at radius 2 is 0.806 bits per heavy atom. The molecule has 3 nitrogen and oxygen atoms in total. The molecule has 0 bridgehead atoms. The van der Waals surface area contributed by atoms with Crippen LogP contribution in [0.25, 0.3) is 0 Å². The Morgan fingerprint density at radius 3 is 1.08 bits per heavy atom. The Hall–Kier alpha value is -1.09. The van der Waals surface area contributed by atoms with Crippen molar-refractivity contribution >= 4 is 8.80 Å². The van der Waals surface area contributed by atoms with Gasteiger partial charge < -0.3 is 13.3 Å². The number of hydrogen-bond donors (Lipinski definition) is 0. The lowest BCUT2D eigenvalue weighted by Crippen LogP contribution is -2.78. The molecule has 0 aromatic carbocycles. The zero-order chi connectivity index (χ0) is 29.6. The van der Waals surface area contributed by atoms with Crippen molar-refractivity contribution in [2.24, 2.45) is 0 Å². The van der Waals surface area contributed by atoms with Crippen LogP contribution in [0, 0.1) is 0 Å². The van der Waals surface area contributed by atoms with Crippen molar-refractivity contribution in [3.63, 3.8) is 0 Å². The molecular formula is C15H17F17O3Si. The topological polar surface area (TPSA) is 27.7 Å². The molecule has 36 heavy (non-hydrogen) atoms. The lowest BCUT2D eigenvalue weighted by atomic mass is 9.87. The summed E-state index contributed by atoms with van der Waals surface area (Å²) in [7, 11) is -6.59. The van der Waals surface area contributed by atoms with Gasteiger partial charge in [0.1, 0.15) is 0 Å². The van der Waals surface area contributed by atoms with Gasteiger partial charge in [-0.3, -0.25) is 0 Å². The Kier molecular flexibility index (Phi) is 9.60. The fourth-order valence-corrected chi connectivity index (χ4v) is 4.46. The van der Waals surface area contributed by atoms with E-state index in [0.717, 1.165) is 6.92 Å². The average Bonchev–Trinajstić information content (AvgIpc) is 2.74. The van der Waals surface area contributed by atoms with Crippen molar-refractivity contribution in [1.29, 1.82) is 0 Å². The number of rotatable bonds is 14. The second kappa shape index (κ2) is 9.90. The van der Waals surface area contributed by atoms with Crippen LogP contribution in [0.5, 0.6) is 0 Å². The highest BCUT2D eigenvalue weighted by atomic mass is 28.4. The van der Waals surface area contributed by atoms with Gasteiger partial charge in [0.15, 0.2) is 6.17 Å². The minimum absolute atomic E-state index is 0.00850. The third-order valence-corrected chi connectivity index (χ3v) is 7.61. The second-order valence-corrected chi connectivity index (χ2v) is 10.0. The van der Waals surface area contributed by atoms with Crippen LogP contribution in [0.2, 0.25) is 0 Å². The maximum Gasteiger partial charge on any atom is 0.581 e. The third kappa shape index (κ3) is 4.24. The first kappa shape index (κ1) is 34.9. The second-order valence-electron chi connectivity index (χ2n) is 7.07. The molecule has 0 radical (unpaired) electrons. The van der Waals surface area contributed by atoms with Gasteiger partial charge in [0, 0.05) is 21.3 Å². The van der Waals surface area contributed by atoms with Gasteiger partial charge in [-0.05, 0) is 6.42 Å². The normalized spacial score (nSPS) is 16.9. The van der Waals surface area contributed by atoms with Crippen LogP contribution >= 0.6 is 0 Å². The molecule has 0 aliphatic rings. The summed E-state index contributed by atoms with van der Waals surface area (Å²) in [4.78, 5) is 0. The van der Waals surface area contributed by atoms with Crippen LogP contribution in [-0.4, -0.2) is 83.3 Å². The summed E-state index contributed by atoms with van der Waals surface area (Å²) in [6.07, 6.45) is -7.05. The molecule has 218 valence electrons. The quantitative estimate of drug-likeness (QED) is 0.167. The Morgan fingerprint density at radius 1 is 0.528 bits per heavy atom. The van der Waals surface area contributed by atoms with Gasteiger partial charge in [0.05, 0.1) is 0 Å². The summed E-state index contributed by atoms with van der Waals surface area (Å²) in [6.45, 7) is 0.786. The molecule has 0 aromatic heterocycles. The van der Waals surface area contributed by atoms with Crippen molar-refractivity contribution in [3.8, 4) is 0 Å². The van der Waals surface area contributed by atoms with E-state index in [2.05, 4.69) is 13.3 Å². The number of alkyl halides is 17. The first-order valence-electron chi connectivity index (χ1n) is 8.98. The van der Waals surface area contributed by atoms with Crippen LogP contribution < -0.4 is 0 Å². The van der Waals surface area contributed by atoms with E-state index in [9.17, 15) is 74.6 Å². The van der Waals surface area contributed by atoms with Crippen molar-refractivity contribution in [2.75, 3.05) is 21.3 Å².